The van der Waals surface area contributed by atoms with E-state index in [0.717, 1.165) is 23.4 Å². The number of nitrogens with zero attached hydrogens (tertiary/aromatic N) is 5. The second-order valence-electron chi connectivity index (χ2n) is 7.93. The summed E-state index contributed by atoms with van der Waals surface area (Å²) in [4.78, 5) is 12.8. The highest BCUT2D eigenvalue weighted by molar-refractivity contribution is 7.83. The third-order valence-electron chi connectivity index (χ3n) is 5.89. The predicted octanol–water partition coefficient (Wildman–Crippen LogP) is 0.903. The lowest BCUT2D eigenvalue weighted by molar-refractivity contribution is -0.0723. The third kappa shape index (κ3) is 3.87. The molecule has 178 valence electrons. The Labute approximate surface area is 194 Å². The van der Waals surface area contributed by atoms with Crippen LogP contribution in [0.15, 0.2) is 55.1 Å². The van der Waals surface area contributed by atoms with Crippen LogP contribution < -0.4 is 5.32 Å². The van der Waals surface area contributed by atoms with E-state index in [4.69, 9.17) is 4.74 Å². The maximum absolute atomic E-state index is 11.5. The summed E-state index contributed by atoms with van der Waals surface area (Å²) in [6.45, 7) is 0.475. The van der Waals surface area contributed by atoms with Crippen molar-refractivity contribution in [1.82, 2.24) is 23.8 Å². The van der Waals surface area contributed by atoms with Crippen molar-refractivity contribution < 1.29 is 27.9 Å². The average molecular weight is 487 g/mol. The predicted molar refractivity (Wildman–Crippen MR) is 122 cm³/mol. The maximum Gasteiger partial charge on any atom is 0.337 e. The van der Waals surface area contributed by atoms with Crippen molar-refractivity contribution >= 4 is 38.1 Å². The van der Waals surface area contributed by atoms with Crippen LogP contribution in [0.3, 0.4) is 0 Å². The molecule has 4 atom stereocenters. The SMILES string of the molecule is CN([C@@H]1O[C@@H](n2cnc3c(NCc4cccc5ccccc45)ncnc32)[C@H](O)[C@@H]1O)S(=O)(=O)O. The molecule has 3 heterocycles. The number of imidazole rings is 1. The highest BCUT2D eigenvalue weighted by atomic mass is 32.2. The van der Waals surface area contributed by atoms with Gasteiger partial charge in [-0.15, -0.1) is 0 Å². The first kappa shape index (κ1) is 22.6. The summed E-state index contributed by atoms with van der Waals surface area (Å²) in [5.74, 6) is 0.455. The molecule has 4 aromatic rings. The van der Waals surface area contributed by atoms with Gasteiger partial charge in [0.15, 0.2) is 29.4 Å². The van der Waals surface area contributed by atoms with Gasteiger partial charge in [-0.25, -0.2) is 15.0 Å². The lowest BCUT2D eigenvalue weighted by Crippen LogP contribution is -2.44. The molecule has 1 aliphatic heterocycles. The molecule has 0 amide bonds. The number of ether oxygens (including phenoxy) is 1. The van der Waals surface area contributed by atoms with Gasteiger partial charge in [-0.05, 0) is 16.3 Å². The summed E-state index contributed by atoms with van der Waals surface area (Å²) in [7, 11) is -3.63. The van der Waals surface area contributed by atoms with Crippen molar-refractivity contribution in [2.75, 3.05) is 12.4 Å². The minimum absolute atomic E-state index is 0.307. The highest BCUT2D eigenvalue weighted by Gasteiger charge is 2.48. The number of benzene rings is 2. The molecule has 1 saturated heterocycles. The number of likely N-dealkylation sites (N-methyl/N-ethyl adjacent to an activating group) is 1. The molecular weight excluding hydrogens is 464 g/mol. The zero-order valence-corrected chi connectivity index (χ0v) is 18.7. The normalized spacial score (nSPS) is 23.2. The van der Waals surface area contributed by atoms with Crippen LogP contribution in [0.5, 0.6) is 0 Å². The standard InChI is InChI=1S/C21H22N6O6S/c1-26(34(30,31)32)20-16(28)17(29)21(33-20)27-11-25-15-18(23-10-24-19(15)27)22-9-13-7-4-6-12-5-2-3-8-14(12)13/h2-8,10-11,16-17,20-21,28-29H,9H2,1H3,(H,22,23,24)(H,30,31,32)/t16-,17+,20+,21+/m0/s1. The van der Waals surface area contributed by atoms with Gasteiger partial charge in [0.2, 0.25) is 0 Å². The first-order chi connectivity index (χ1) is 16.3. The summed E-state index contributed by atoms with van der Waals surface area (Å²) < 4.78 is 39.6. The van der Waals surface area contributed by atoms with Crippen LogP contribution in [0.2, 0.25) is 0 Å². The zero-order valence-electron chi connectivity index (χ0n) is 17.9. The van der Waals surface area contributed by atoms with E-state index in [1.165, 1.54) is 17.2 Å². The minimum Gasteiger partial charge on any atom is -0.386 e. The molecule has 0 spiro atoms. The summed E-state index contributed by atoms with van der Waals surface area (Å²) in [6.07, 6.45) is -3.13. The zero-order chi connectivity index (χ0) is 24.0. The smallest absolute Gasteiger partial charge is 0.337 e. The van der Waals surface area contributed by atoms with Crippen molar-refractivity contribution in [3.63, 3.8) is 0 Å². The molecule has 1 fully saturated rings. The van der Waals surface area contributed by atoms with Crippen LogP contribution in [-0.2, 0) is 21.6 Å². The van der Waals surface area contributed by atoms with Crippen molar-refractivity contribution in [3.05, 3.63) is 60.7 Å². The lowest BCUT2D eigenvalue weighted by Gasteiger charge is -2.22. The monoisotopic (exact) mass is 486 g/mol. The molecule has 2 aromatic heterocycles. The number of nitrogens with one attached hydrogen (secondary N) is 1. The van der Waals surface area contributed by atoms with Crippen LogP contribution in [0.4, 0.5) is 5.82 Å². The van der Waals surface area contributed by atoms with Gasteiger partial charge in [0, 0.05) is 13.6 Å². The van der Waals surface area contributed by atoms with E-state index in [0.29, 0.717) is 27.8 Å². The number of rotatable bonds is 6. The Morgan fingerprint density at radius 3 is 2.65 bits per heavy atom. The van der Waals surface area contributed by atoms with Crippen LogP contribution in [-0.4, -0.2) is 72.5 Å². The van der Waals surface area contributed by atoms with E-state index in [-0.39, 0.29) is 0 Å². The van der Waals surface area contributed by atoms with E-state index in [1.54, 1.807) is 0 Å². The van der Waals surface area contributed by atoms with E-state index in [2.05, 4.69) is 20.3 Å². The number of fused-ring (bicyclic) bond motifs is 2. The van der Waals surface area contributed by atoms with Gasteiger partial charge in [-0.3, -0.25) is 9.12 Å². The van der Waals surface area contributed by atoms with Crippen LogP contribution in [0.1, 0.15) is 11.8 Å². The fourth-order valence-electron chi connectivity index (χ4n) is 4.10. The van der Waals surface area contributed by atoms with Gasteiger partial charge in [-0.2, -0.15) is 12.7 Å². The Balaban J connectivity index is 1.43. The van der Waals surface area contributed by atoms with E-state index >= 15 is 0 Å². The van der Waals surface area contributed by atoms with Crippen LogP contribution in [0.25, 0.3) is 21.9 Å². The molecule has 12 nitrogen and oxygen atoms in total. The number of aliphatic hydroxyl groups excluding tert-OH is 2. The molecule has 4 N–H and O–H groups in total. The number of aliphatic hydroxyl groups is 2. The second kappa shape index (κ2) is 8.54. The fourth-order valence-corrected chi connectivity index (χ4v) is 4.53. The summed E-state index contributed by atoms with van der Waals surface area (Å²) >= 11 is 0. The molecule has 0 unspecified atom stereocenters. The van der Waals surface area contributed by atoms with Gasteiger partial charge in [0.05, 0.1) is 6.33 Å². The van der Waals surface area contributed by atoms with Crippen molar-refractivity contribution in [1.29, 1.82) is 0 Å². The molecular formula is C21H22N6O6S. The van der Waals surface area contributed by atoms with Gasteiger partial charge < -0.3 is 20.3 Å². The first-order valence-electron chi connectivity index (χ1n) is 10.4. The molecule has 34 heavy (non-hydrogen) atoms. The Bertz CT molecular complexity index is 1460. The quantitative estimate of drug-likeness (QED) is 0.288. The number of hydrogen-bond acceptors (Lipinski definition) is 9. The van der Waals surface area contributed by atoms with Crippen molar-refractivity contribution in [2.24, 2.45) is 0 Å². The van der Waals surface area contributed by atoms with E-state index < -0.39 is 35.0 Å². The molecule has 0 aliphatic carbocycles. The van der Waals surface area contributed by atoms with E-state index in [1.807, 2.05) is 42.5 Å². The van der Waals surface area contributed by atoms with E-state index in [9.17, 15) is 23.2 Å². The number of anilines is 1. The van der Waals surface area contributed by atoms with Crippen molar-refractivity contribution in [3.8, 4) is 0 Å². The fraction of sp³-hybridized carbons (Fsp3) is 0.286. The number of aromatic nitrogens is 4. The molecule has 5 rings (SSSR count). The maximum atomic E-state index is 11.5. The van der Waals surface area contributed by atoms with Crippen LogP contribution in [0, 0.1) is 0 Å². The largest absolute Gasteiger partial charge is 0.386 e. The molecule has 0 bridgehead atoms. The molecule has 2 aromatic carbocycles. The summed E-state index contributed by atoms with van der Waals surface area (Å²) in [5, 5.41) is 26.3. The average Bonchev–Trinajstić information content (AvgIpc) is 3.38. The van der Waals surface area contributed by atoms with Gasteiger partial charge in [-0.1, -0.05) is 42.5 Å². The minimum atomic E-state index is -4.66. The highest BCUT2D eigenvalue weighted by Crippen LogP contribution is 2.34. The second-order valence-corrected chi connectivity index (χ2v) is 9.40. The Kier molecular flexibility index (Phi) is 5.67. The molecule has 13 heteroatoms. The number of hydrogen-bond donors (Lipinski definition) is 4. The summed E-state index contributed by atoms with van der Waals surface area (Å²) in [6, 6.07) is 14.1. The first-order valence-corrected chi connectivity index (χ1v) is 11.8. The van der Waals surface area contributed by atoms with Crippen LogP contribution >= 0.6 is 0 Å². The van der Waals surface area contributed by atoms with Crippen molar-refractivity contribution in [2.45, 2.75) is 31.2 Å². The van der Waals surface area contributed by atoms with Gasteiger partial charge >= 0.3 is 10.3 Å². The topological polar surface area (TPSA) is 163 Å². The lowest BCUT2D eigenvalue weighted by atomic mass is 10.0. The molecule has 1 aliphatic rings. The molecule has 0 radical (unpaired) electrons. The Morgan fingerprint density at radius 2 is 1.85 bits per heavy atom. The Morgan fingerprint density at radius 1 is 1.09 bits per heavy atom. The molecule has 0 saturated carbocycles. The van der Waals surface area contributed by atoms with Gasteiger partial charge in [0.1, 0.15) is 18.5 Å². The van der Waals surface area contributed by atoms with Gasteiger partial charge in [0.25, 0.3) is 0 Å². The summed E-state index contributed by atoms with van der Waals surface area (Å²) in [5.41, 5.74) is 1.78. The Hall–Kier alpha value is -3.20. The third-order valence-corrected chi connectivity index (χ3v) is 6.83.